The van der Waals surface area contributed by atoms with Gasteiger partial charge in [0, 0.05) is 23.9 Å². The number of hydrogen-bond acceptors (Lipinski definition) is 3. The molecule has 0 radical (unpaired) electrons. The molecule has 0 fully saturated rings. The first kappa shape index (κ1) is 20.6. The second kappa shape index (κ2) is 7.74. The number of amides is 2. The number of hydrogen-bond donors (Lipinski definition) is 1. The van der Waals surface area contributed by atoms with Gasteiger partial charge in [-0.1, -0.05) is 45.1 Å². The van der Waals surface area contributed by atoms with Crippen molar-refractivity contribution in [2.75, 3.05) is 16.8 Å². The van der Waals surface area contributed by atoms with Gasteiger partial charge in [0.2, 0.25) is 0 Å². The number of ether oxygens (including phenoxy) is 1. The maximum absolute atomic E-state index is 12.6. The van der Waals surface area contributed by atoms with E-state index in [-0.39, 0.29) is 17.2 Å². The van der Waals surface area contributed by atoms with Crippen LogP contribution in [0.1, 0.15) is 50.5 Å². The Morgan fingerprint density at radius 2 is 1.83 bits per heavy atom. The van der Waals surface area contributed by atoms with E-state index >= 15 is 0 Å². The Hall–Kier alpha value is -3.08. The van der Waals surface area contributed by atoms with E-state index in [1.165, 1.54) is 5.56 Å². The molecule has 5 heteroatoms. The van der Waals surface area contributed by atoms with Gasteiger partial charge >= 0.3 is 0 Å². The smallest absolute Gasteiger partial charge is 0.268 e. The minimum atomic E-state index is -0.585. The number of nitrogens with one attached hydrogen (secondary N) is 1. The van der Waals surface area contributed by atoms with Gasteiger partial charge in [-0.05, 0) is 49.1 Å². The summed E-state index contributed by atoms with van der Waals surface area (Å²) in [4.78, 5) is 26.8. The standard InChI is InChI=1S/C24H28N2O3/c1-15(2)14-26-20-12-11-19(13-21(20)29-16(3)23(26)28)25-22(27)17-7-9-18(10-8-17)24(4,5)6/h7-13,16H,1,14H2,2-6H3,(H,25,27). The molecule has 0 aromatic heterocycles. The quantitative estimate of drug-likeness (QED) is 0.751. The third kappa shape index (κ3) is 4.50. The highest BCUT2D eigenvalue weighted by molar-refractivity contribution is 6.05. The third-order valence-corrected chi connectivity index (χ3v) is 4.87. The molecule has 1 aliphatic rings. The van der Waals surface area contributed by atoms with E-state index in [1.807, 2.05) is 31.2 Å². The average molecular weight is 392 g/mol. The lowest BCUT2D eigenvalue weighted by molar-refractivity contribution is -0.125. The van der Waals surface area contributed by atoms with Crippen LogP contribution in [0.25, 0.3) is 0 Å². The molecule has 0 saturated heterocycles. The lowest BCUT2D eigenvalue weighted by Crippen LogP contribution is -2.45. The molecular formula is C24H28N2O3. The highest BCUT2D eigenvalue weighted by Crippen LogP contribution is 2.36. The number of benzene rings is 2. The summed E-state index contributed by atoms with van der Waals surface area (Å²) in [5, 5.41) is 2.91. The molecule has 5 nitrogen and oxygen atoms in total. The Bertz CT molecular complexity index is 955. The summed E-state index contributed by atoms with van der Waals surface area (Å²) in [5.74, 6) is 0.277. The highest BCUT2D eigenvalue weighted by Gasteiger charge is 2.31. The van der Waals surface area contributed by atoms with E-state index < -0.39 is 6.10 Å². The predicted molar refractivity (Wildman–Crippen MR) is 117 cm³/mol. The van der Waals surface area contributed by atoms with E-state index in [2.05, 4.69) is 32.7 Å². The van der Waals surface area contributed by atoms with Crippen molar-refractivity contribution in [3.63, 3.8) is 0 Å². The number of carbonyl (C=O) groups excluding carboxylic acids is 2. The molecule has 1 heterocycles. The summed E-state index contributed by atoms with van der Waals surface area (Å²) in [6, 6.07) is 12.9. The summed E-state index contributed by atoms with van der Waals surface area (Å²) in [6.07, 6.45) is -0.585. The fraction of sp³-hybridized carbons (Fsp3) is 0.333. The maximum atomic E-state index is 12.6. The Morgan fingerprint density at radius 1 is 1.17 bits per heavy atom. The van der Waals surface area contributed by atoms with Gasteiger partial charge in [0.25, 0.3) is 11.8 Å². The van der Waals surface area contributed by atoms with Gasteiger partial charge < -0.3 is 15.0 Å². The van der Waals surface area contributed by atoms with Gasteiger partial charge in [0.05, 0.1) is 5.69 Å². The van der Waals surface area contributed by atoms with Gasteiger partial charge in [0.1, 0.15) is 5.75 Å². The average Bonchev–Trinajstić information content (AvgIpc) is 2.64. The maximum Gasteiger partial charge on any atom is 0.268 e. The molecule has 1 unspecified atom stereocenters. The van der Waals surface area contributed by atoms with Crippen molar-refractivity contribution < 1.29 is 14.3 Å². The van der Waals surface area contributed by atoms with Crippen LogP contribution in [0.3, 0.4) is 0 Å². The lowest BCUT2D eigenvalue weighted by atomic mass is 9.87. The van der Waals surface area contributed by atoms with Crippen LogP contribution in [0, 0.1) is 0 Å². The molecule has 29 heavy (non-hydrogen) atoms. The number of anilines is 2. The van der Waals surface area contributed by atoms with Crippen molar-refractivity contribution in [1.82, 2.24) is 0 Å². The third-order valence-electron chi connectivity index (χ3n) is 4.87. The van der Waals surface area contributed by atoms with Crippen LogP contribution in [0.15, 0.2) is 54.6 Å². The highest BCUT2D eigenvalue weighted by atomic mass is 16.5. The normalized spacial score (nSPS) is 16.1. The molecule has 1 N–H and O–H groups in total. The molecule has 1 aliphatic heterocycles. The second-order valence-electron chi connectivity index (χ2n) is 8.61. The van der Waals surface area contributed by atoms with Crippen molar-refractivity contribution in [1.29, 1.82) is 0 Å². The van der Waals surface area contributed by atoms with Crippen LogP contribution in [-0.2, 0) is 10.2 Å². The molecule has 0 bridgehead atoms. The summed E-state index contributed by atoms with van der Waals surface area (Å²) < 4.78 is 5.76. The molecule has 2 amide bonds. The summed E-state index contributed by atoms with van der Waals surface area (Å²) in [5.41, 5.74) is 3.98. The van der Waals surface area contributed by atoms with Gasteiger partial charge in [-0.3, -0.25) is 9.59 Å². The van der Waals surface area contributed by atoms with Gasteiger partial charge in [-0.15, -0.1) is 0 Å². The van der Waals surface area contributed by atoms with Gasteiger partial charge in [-0.25, -0.2) is 0 Å². The first-order valence-corrected chi connectivity index (χ1v) is 9.74. The van der Waals surface area contributed by atoms with Crippen molar-refractivity contribution >= 4 is 23.2 Å². The van der Waals surface area contributed by atoms with Crippen molar-refractivity contribution in [3.8, 4) is 5.75 Å². The Kier molecular flexibility index (Phi) is 5.51. The van der Waals surface area contributed by atoms with Crippen LogP contribution in [-0.4, -0.2) is 24.5 Å². The van der Waals surface area contributed by atoms with E-state index in [4.69, 9.17) is 4.74 Å². The van der Waals surface area contributed by atoms with E-state index in [1.54, 1.807) is 30.0 Å². The van der Waals surface area contributed by atoms with E-state index in [0.717, 1.165) is 5.57 Å². The zero-order valence-corrected chi connectivity index (χ0v) is 17.7. The molecule has 0 spiro atoms. The molecule has 3 rings (SSSR count). The summed E-state index contributed by atoms with van der Waals surface area (Å²) in [7, 11) is 0. The fourth-order valence-corrected chi connectivity index (χ4v) is 3.25. The van der Waals surface area contributed by atoms with Crippen molar-refractivity contribution in [2.45, 2.75) is 46.1 Å². The largest absolute Gasteiger partial charge is 0.479 e. The first-order valence-electron chi connectivity index (χ1n) is 9.74. The van der Waals surface area contributed by atoms with Crippen LogP contribution in [0.5, 0.6) is 5.75 Å². The number of fused-ring (bicyclic) bond motifs is 1. The number of carbonyl (C=O) groups is 2. The molecule has 2 aromatic carbocycles. The fourth-order valence-electron chi connectivity index (χ4n) is 3.25. The van der Waals surface area contributed by atoms with Crippen LogP contribution < -0.4 is 15.0 Å². The molecule has 1 atom stereocenters. The van der Waals surface area contributed by atoms with Crippen LogP contribution in [0.4, 0.5) is 11.4 Å². The molecular weight excluding hydrogens is 364 g/mol. The SMILES string of the molecule is C=C(C)CN1C(=O)C(C)Oc2cc(NC(=O)c3ccc(C(C)(C)C)cc3)ccc21. The predicted octanol–water partition coefficient (Wildman–Crippen LogP) is 4.93. The molecule has 152 valence electrons. The number of rotatable bonds is 4. The monoisotopic (exact) mass is 392 g/mol. The molecule has 0 saturated carbocycles. The van der Waals surface area contributed by atoms with Crippen LogP contribution >= 0.6 is 0 Å². The zero-order valence-electron chi connectivity index (χ0n) is 17.7. The van der Waals surface area contributed by atoms with Crippen molar-refractivity contribution in [2.24, 2.45) is 0 Å². The van der Waals surface area contributed by atoms with Gasteiger partial charge in [0.15, 0.2) is 6.10 Å². The van der Waals surface area contributed by atoms with Gasteiger partial charge in [-0.2, -0.15) is 0 Å². The second-order valence-corrected chi connectivity index (χ2v) is 8.61. The Morgan fingerprint density at radius 3 is 2.41 bits per heavy atom. The summed E-state index contributed by atoms with van der Waals surface area (Å²) in [6.45, 7) is 14.4. The molecule has 2 aromatic rings. The minimum Gasteiger partial charge on any atom is -0.479 e. The van der Waals surface area contributed by atoms with E-state index in [0.29, 0.717) is 29.2 Å². The lowest BCUT2D eigenvalue weighted by Gasteiger charge is -2.33. The van der Waals surface area contributed by atoms with Crippen molar-refractivity contribution in [3.05, 3.63) is 65.7 Å². The Labute approximate surface area is 172 Å². The zero-order chi connectivity index (χ0) is 21.3. The minimum absolute atomic E-state index is 0.0363. The topological polar surface area (TPSA) is 58.6 Å². The number of nitrogens with zero attached hydrogens (tertiary/aromatic N) is 1. The summed E-state index contributed by atoms with van der Waals surface area (Å²) >= 11 is 0. The molecule has 0 aliphatic carbocycles. The first-order chi connectivity index (χ1) is 13.6. The van der Waals surface area contributed by atoms with E-state index in [9.17, 15) is 9.59 Å². The van der Waals surface area contributed by atoms with Crippen LogP contribution in [0.2, 0.25) is 0 Å². The Balaban J connectivity index is 1.81.